The van der Waals surface area contributed by atoms with E-state index in [1.54, 1.807) is 7.11 Å². The minimum Gasteiger partial charge on any atom is -0.493 e. The first-order chi connectivity index (χ1) is 12.9. The van der Waals surface area contributed by atoms with Crippen LogP contribution in [-0.4, -0.2) is 92.0 Å². The highest BCUT2D eigenvalue weighted by Gasteiger charge is 2.17. The molecule has 1 aliphatic heterocycles. The molecule has 0 bridgehead atoms. The minimum absolute atomic E-state index is 0.256. The van der Waals surface area contributed by atoms with Crippen molar-refractivity contribution in [3.8, 4) is 11.5 Å². The number of ether oxygens (including phenoxy) is 2. The van der Waals surface area contributed by atoms with Crippen molar-refractivity contribution < 1.29 is 14.6 Å². The van der Waals surface area contributed by atoms with Crippen molar-refractivity contribution in [2.75, 3.05) is 60.0 Å². The molecule has 1 heterocycles. The quantitative estimate of drug-likeness (QED) is 0.670. The Balaban J connectivity index is 1.92. The first-order valence-corrected chi connectivity index (χ1v) is 10.1. The van der Waals surface area contributed by atoms with Crippen molar-refractivity contribution in [2.24, 2.45) is 0 Å². The van der Waals surface area contributed by atoms with Gasteiger partial charge >= 0.3 is 0 Å². The molecule has 1 fully saturated rings. The average molecular weight is 380 g/mol. The lowest BCUT2D eigenvalue weighted by Gasteiger charge is -2.34. The first-order valence-electron chi connectivity index (χ1n) is 10.1. The predicted octanol–water partition coefficient (Wildman–Crippen LogP) is 1.91. The van der Waals surface area contributed by atoms with Gasteiger partial charge in [0, 0.05) is 45.3 Å². The lowest BCUT2D eigenvalue weighted by atomic mass is 10.1. The van der Waals surface area contributed by atoms with Crippen LogP contribution in [0.3, 0.4) is 0 Å². The summed E-state index contributed by atoms with van der Waals surface area (Å²) < 4.78 is 11.3. The highest BCUT2D eigenvalue weighted by Crippen LogP contribution is 2.29. The second-order valence-electron chi connectivity index (χ2n) is 7.69. The molecule has 0 saturated carbocycles. The molecule has 0 amide bonds. The zero-order valence-corrected chi connectivity index (χ0v) is 17.6. The lowest BCUT2D eigenvalue weighted by molar-refractivity contribution is 0.0667. The van der Waals surface area contributed by atoms with Gasteiger partial charge in [0.05, 0.1) is 7.11 Å². The summed E-state index contributed by atoms with van der Waals surface area (Å²) in [6.45, 7) is 13.8. The van der Waals surface area contributed by atoms with Crippen LogP contribution in [0.25, 0.3) is 0 Å². The van der Waals surface area contributed by atoms with Crippen molar-refractivity contribution in [2.45, 2.75) is 39.5 Å². The summed E-state index contributed by atoms with van der Waals surface area (Å²) in [4.78, 5) is 7.07. The molecule has 6 nitrogen and oxygen atoms in total. The third-order valence-electron chi connectivity index (χ3n) is 5.36. The van der Waals surface area contributed by atoms with Gasteiger partial charge in [-0.2, -0.15) is 0 Å². The van der Waals surface area contributed by atoms with Crippen LogP contribution < -0.4 is 9.47 Å². The molecule has 1 atom stereocenters. The summed E-state index contributed by atoms with van der Waals surface area (Å²) in [7, 11) is 3.65. The normalized spacial score (nSPS) is 17.5. The fourth-order valence-corrected chi connectivity index (χ4v) is 3.24. The maximum atomic E-state index is 10.3. The minimum atomic E-state index is -0.534. The highest BCUT2D eigenvalue weighted by molar-refractivity contribution is 5.43. The molecule has 1 N–H and O–H groups in total. The molecule has 1 aliphatic rings. The van der Waals surface area contributed by atoms with Crippen LogP contribution in [0, 0.1) is 0 Å². The lowest BCUT2D eigenvalue weighted by Crippen LogP contribution is -2.45. The molecule has 1 aromatic rings. The topological polar surface area (TPSA) is 48.4 Å². The molecule has 0 radical (unpaired) electrons. The van der Waals surface area contributed by atoms with E-state index in [9.17, 15) is 5.11 Å². The Hall–Kier alpha value is -1.34. The fourth-order valence-electron chi connectivity index (χ4n) is 3.24. The maximum absolute atomic E-state index is 10.3. The maximum Gasteiger partial charge on any atom is 0.161 e. The number of likely N-dealkylation sites (N-methyl/N-ethyl adjacent to an activating group) is 2. The van der Waals surface area contributed by atoms with E-state index >= 15 is 0 Å². The van der Waals surface area contributed by atoms with Gasteiger partial charge in [0.25, 0.3) is 0 Å². The van der Waals surface area contributed by atoms with E-state index in [1.807, 2.05) is 19.2 Å². The number of aliphatic hydroxyl groups is 1. The number of piperazine rings is 1. The van der Waals surface area contributed by atoms with Gasteiger partial charge < -0.3 is 24.4 Å². The smallest absolute Gasteiger partial charge is 0.161 e. The Labute approximate surface area is 164 Å². The van der Waals surface area contributed by atoms with Gasteiger partial charge in [0.1, 0.15) is 12.7 Å². The van der Waals surface area contributed by atoms with Crippen molar-refractivity contribution in [3.63, 3.8) is 0 Å². The molecule has 27 heavy (non-hydrogen) atoms. The van der Waals surface area contributed by atoms with E-state index < -0.39 is 6.10 Å². The molecular weight excluding hydrogens is 342 g/mol. The van der Waals surface area contributed by atoms with E-state index in [1.165, 1.54) is 5.56 Å². The molecule has 6 heteroatoms. The van der Waals surface area contributed by atoms with Gasteiger partial charge in [0.2, 0.25) is 0 Å². The Bertz CT molecular complexity index is 560. The molecule has 0 spiro atoms. The van der Waals surface area contributed by atoms with Gasteiger partial charge in [-0.15, -0.1) is 0 Å². The summed E-state index contributed by atoms with van der Waals surface area (Å²) in [6, 6.07) is 6.50. The highest BCUT2D eigenvalue weighted by atomic mass is 16.5. The monoisotopic (exact) mass is 379 g/mol. The second-order valence-corrected chi connectivity index (χ2v) is 7.69. The number of methoxy groups -OCH3 is 1. The van der Waals surface area contributed by atoms with Crippen LogP contribution in [0.1, 0.15) is 26.3 Å². The van der Waals surface area contributed by atoms with E-state index in [0.717, 1.165) is 39.3 Å². The van der Waals surface area contributed by atoms with Crippen molar-refractivity contribution in [3.05, 3.63) is 23.8 Å². The SMILES string of the molecule is CCN1CCN(Cc2ccc(OC)c(OC[C@@H](O)CN(C)C(C)C)c2)CC1. The van der Waals surface area contributed by atoms with Gasteiger partial charge in [-0.1, -0.05) is 13.0 Å². The van der Waals surface area contributed by atoms with Crippen LogP contribution in [-0.2, 0) is 6.54 Å². The third kappa shape index (κ3) is 6.96. The average Bonchev–Trinajstić information content (AvgIpc) is 2.67. The van der Waals surface area contributed by atoms with Gasteiger partial charge in [-0.05, 0) is 45.1 Å². The molecule has 0 unspecified atom stereocenters. The molecule has 1 aromatic carbocycles. The summed E-state index contributed by atoms with van der Waals surface area (Å²) in [6.07, 6.45) is -0.534. The third-order valence-corrected chi connectivity index (χ3v) is 5.36. The molecule has 154 valence electrons. The van der Waals surface area contributed by atoms with Crippen LogP contribution in [0.15, 0.2) is 18.2 Å². The van der Waals surface area contributed by atoms with Crippen LogP contribution >= 0.6 is 0 Å². The van der Waals surface area contributed by atoms with E-state index in [2.05, 4.69) is 41.5 Å². The number of nitrogens with zero attached hydrogens (tertiary/aromatic N) is 3. The Morgan fingerprint density at radius 3 is 2.37 bits per heavy atom. The molecule has 0 aliphatic carbocycles. The standard InChI is InChI=1S/C21H37N3O3/c1-6-23-9-11-24(12-10-23)14-18-7-8-20(26-5)21(13-18)27-16-19(25)15-22(4)17(2)3/h7-8,13,17,19,25H,6,9-12,14-16H2,1-5H3/t19-/m0/s1. The number of rotatable bonds is 10. The summed E-state index contributed by atoms with van der Waals surface area (Å²) in [5.41, 5.74) is 1.21. The molecule has 1 saturated heterocycles. The van der Waals surface area contributed by atoms with Crippen LogP contribution in [0.4, 0.5) is 0 Å². The summed E-state index contributed by atoms with van der Waals surface area (Å²) in [5, 5.41) is 10.3. The molecule has 0 aromatic heterocycles. The number of aliphatic hydroxyl groups excluding tert-OH is 1. The van der Waals surface area contributed by atoms with E-state index in [-0.39, 0.29) is 6.61 Å². The zero-order valence-electron chi connectivity index (χ0n) is 17.6. The van der Waals surface area contributed by atoms with Crippen LogP contribution in [0.5, 0.6) is 11.5 Å². The van der Waals surface area contributed by atoms with Crippen molar-refractivity contribution >= 4 is 0 Å². The Morgan fingerprint density at radius 1 is 1.11 bits per heavy atom. The second kappa shape index (κ2) is 10.9. The summed E-state index contributed by atoms with van der Waals surface area (Å²) >= 11 is 0. The van der Waals surface area contributed by atoms with Crippen molar-refractivity contribution in [1.82, 2.24) is 14.7 Å². The largest absolute Gasteiger partial charge is 0.493 e. The predicted molar refractivity (Wildman–Crippen MR) is 110 cm³/mol. The van der Waals surface area contributed by atoms with Crippen LogP contribution in [0.2, 0.25) is 0 Å². The van der Waals surface area contributed by atoms with Crippen molar-refractivity contribution in [1.29, 1.82) is 0 Å². The van der Waals surface area contributed by atoms with E-state index in [0.29, 0.717) is 24.1 Å². The van der Waals surface area contributed by atoms with Gasteiger partial charge in [0.15, 0.2) is 11.5 Å². The number of benzene rings is 1. The van der Waals surface area contributed by atoms with Gasteiger partial charge in [-0.3, -0.25) is 4.90 Å². The zero-order chi connectivity index (χ0) is 19.8. The Morgan fingerprint density at radius 2 is 1.78 bits per heavy atom. The first kappa shape index (κ1) is 22.0. The Kier molecular flexibility index (Phi) is 8.83. The van der Waals surface area contributed by atoms with E-state index in [4.69, 9.17) is 9.47 Å². The number of hydrogen-bond acceptors (Lipinski definition) is 6. The molecular formula is C21H37N3O3. The molecule has 2 rings (SSSR count). The number of hydrogen-bond donors (Lipinski definition) is 1. The summed E-state index contributed by atoms with van der Waals surface area (Å²) in [5.74, 6) is 1.41. The van der Waals surface area contributed by atoms with Gasteiger partial charge in [-0.25, -0.2) is 0 Å². The fraction of sp³-hybridized carbons (Fsp3) is 0.714.